The summed E-state index contributed by atoms with van der Waals surface area (Å²) in [5.41, 5.74) is 0. The summed E-state index contributed by atoms with van der Waals surface area (Å²) in [5.74, 6) is -0.833. The molecule has 19 heavy (non-hydrogen) atoms. The SMILES string of the molecule is CC(=O)O.CCCCCCCCCCC(O)CO.[NaH]. The molecule has 112 valence electrons. The first-order chi connectivity index (χ1) is 8.54. The van der Waals surface area contributed by atoms with Crippen LogP contribution in [0.3, 0.4) is 0 Å². The summed E-state index contributed by atoms with van der Waals surface area (Å²) in [6.45, 7) is 3.23. The van der Waals surface area contributed by atoms with Gasteiger partial charge in [0.2, 0.25) is 0 Å². The number of aliphatic hydroxyl groups is 2. The van der Waals surface area contributed by atoms with Crippen LogP contribution in [0.15, 0.2) is 0 Å². The minimum atomic E-state index is -0.833. The van der Waals surface area contributed by atoms with E-state index in [1.54, 1.807) is 0 Å². The van der Waals surface area contributed by atoms with Crippen molar-refractivity contribution in [1.82, 2.24) is 0 Å². The van der Waals surface area contributed by atoms with E-state index in [0.717, 1.165) is 19.8 Å². The Morgan fingerprint density at radius 3 is 1.74 bits per heavy atom. The van der Waals surface area contributed by atoms with Crippen LogP contribution in [0.4, 0.5) is 0 Å². The van der Waals surface area contributed by atoms with E-state index < -0.39 is 12.1 Å². The molecule has 0 spiro atoms. The van der Waals surface area contributed by atoms with Crippen LogP contribution < -0.4 is 0 Å². The summed E-state index contributed by atoms with van der Waals surface area (Å²) in [5, 5.41) is 25.1. The van der Waals surface area contributed by atoms with Gasteiger partial charge >= 0.3 is 29.6 Å². The molecule has 5 heteroatoms. The van der Waals surface area contributed by atoms with E-state index in [1.165, 1.54) is 44.9 Å². The van der Waals surface area contributed by atoms with E-state index >= 15 is 0 Å². The Labute approximate surface area is 139 Å². The average Bonchev–Trinajstić information content (AvgIpc) is 2.31. The fourth-order valence-electron chi connectivity index (χ4n) is 1.61. The summed E-state index contributed by atoms with van der Waals surface area (Å²) < 4.78 is 0. The number of carboxylic acid groups (broad SMARTS) is 1. The molecule has 0 saturated heterocycles. The standard InChI is InChI=1S/C12H26O2.C2H4O2.Na.H/c1-2-3-4-5-6-7-8-9-10-12(14)11-13;1-2(3)4;;/h12-14H,2-11H2,1H3;1H3,(H,3,4);;. The van der Waals surface area contributed by atoms with Crippen molar-refractivity contribution in [2.24, 2.45) is 0 Å². The van der Waals surface area contributed by atoms with Gasteiger partial charge in [-0.05, 0) is 6.42 Å². The normalized spacial score (nSPS) is 10.9. The molecule has 0 aliphatic rings. The zero-order chi connectivity index (χ0) is 14.2. The third kappa shape index (κ3) is 32.2. The molecule has 0 aromatic carbocycles. The number of unbranched alkanes of at least 4 members (excludes halogenated alkanes) is 7. The van der Waals surface area contributed by atoms with E-state index in [1.807, 2.05) is 0 Å². The van der Waals surface area contributed by atoms with Gasteiger partial charge in [-0.25, -0.2) is 0 Å². The predicted molar refractivity (Wildman–Crippen MR) is 80.8 cm³/mol. The summed E-state index contributed by atoms with van der Waals surface area (Å²) in [7, 11) is 0. The molecule has 0 aromatic rings. The Morgan fingerprint density at radius 1 is 1.00 bits per heavy atom. The third-order valence-corrected chi connectivity index (χ3v) is 2.60. The number of carboxylic acids is 1. The molecule has 3 N–H and O–H groups in total. The Kier molecular flexibility index (Phi) is 26.6. The summed E-state index contributed by atoms with van der Waals surface area (Å²) in [6.07, 6.45) is 10.5. The molecule has 0 bridgehead atoms. The first-order valence-electron chi connectivity index (χ1n) is 7.03. The van der Waals surface area contributed by atoms with Crippen LogP contribution in [-0.2, 0) is 4.79 Å². The topological polar surface area (TPSA) is 77.8 Å². The van der Waals surface area contributed by atoms with Gasteiger partial charge in [0.15, 0.2) is 0 Å². The molecule has 4 nitrogen and oxygen atoms in total. The van der Waals surface area contributed by atoms with Crippen molar-refractivity contribution in [2.45, 2.75) is 77.7 Å². The molecule has 0 aromatic heterocycles. The summed E-state index contributed by atoms with van der Waals surface area (Å²) in [6, 6.07) is 0. The van der Waals surface area contributed by atoms with Crippen LogP contribution in [0.1, 0.15) is 71.6 Å². The van der Waals surface area contributed by atoms with Gasteiger partial charge in [-0.15, -0.1) is 0 Å². The number of carbonyl (C=O) groups is 1. The zero-order valence-corrected chi connectivity index (χ0v) is 11.9. The molecule has 0 rings (SSSR count). The second-order valence-corrected chi connectivity index (χ2v) is 4.62. The second-order valence-electron chi connectivity index (χ2n) is 4.62. The van der Waals surface area contributed by atoms with Crippen LogP contribution in [-0.4, -0.2) is 63.6 Å². The van der Waals surface area contributed by atoms with Crippen molar-refractivity contribution in [3.05, 3.63) is 0 Å². The van der Waals surface area contributed by atoms with Crippen molar-refractivity contribution < 1.29 is 20.1 Å². The number of hydrogen-bond donors (Lipinski definition) is 3. The van der Waals surface area contributed by atoms with E-state index in [0.29, 0.717) is 0 Å². The van der Waals surface area contributed by atoms with Gasteiger partial charge in [-0.1, -0.05) is 58.3 Å². The van der Waals surface area contributed by atoms with Gasteiger partial charge in [-0.2, -0.15) is 0 Å². The zero-order valence-electron chi connectivity index (χ0n) is 11.9. The van der Waals surface area contributed by atoms with Gasteiger partial charge in [0.05, 0.1) is 12.7 Å². The van der Waals surface area contributed by atoms with Crippen molar-refractivity contribution in [3.63, 3.8) is 0 Å². The van der Waals surface area contributed by atoms with Gasteiger partial charge in [0.1, 0.15) is 0 Å². The molecule has 1 atom stereocenters. The van der Waals surface area contributed by atoms with Crippen LogP contribution in [0.2, 0.25) is 0 Å². The molecular weight excluding hydrogens is 255 g/mol. The van der Waals surface area contributed by atoms with Crippen molar-refractivity contribution in [1.29, 1.82) is 0 Å². The molecule has 0 fully saturated rings. The summed E-state index contributed by atoms with van der Waals surface area (Å²) in [4.78, 5) is 9.00. The molecule has 0 aliphatic heterocycles. The minimum absolute atomic E-state index is 0. The first-order valence-corrected chi connectivity index (χ1v) is 7.03. The van der Waals surface area contributed by atoms with Crippen molar-refractivity contribution >= 4 is 35.5 Å². The van der Waals surface area contributed by atoms with Crippen LogP contribution in [0.5, 0.6) is 0 Å². The first kappa shape index (κ1) is 24.4. The van der Waals surface area contributed by atoms with Gasteiger partial charge in [-0.3, -0.25) is 4.79 Å². The molecule has 0 aliphatic carbocycles. The Balaban J connectivity index is -0.000000448. The van der Waals surface area contributed by atoms with Crippen molar-refractivity contribution in [3.8, 4) is 0 Å². The van der Waals surface area contributed by atoms with Crippen LogP contribution in [0, 0.1) is 0 Å². The van der Waals surface area contributed by atoms with E-state index in [-0.39, 0.29) is 36.2 Å². The van der Waals surface area contributed by atoms with Gasteiger partial charge in [0, 0.05) is 6.92 Å². The van der Waals surface area contributed by atoms with Crippen LogP contribution in [0.25, 0.3) is 0 Å². The fourth-order valence-corrected chi connectivity index (χ4v) is 1.61. The third-order valence-electron chi connectivity index (χ3n) is 2.60. The molecule has 0 amide bonds. The number of rotatable bonds is 10. The molecule has 0 radical (unpaired) electrons. The Morgan fingerprint density at radius 2 is 1.37 bits per heavy atom. The molecule has 1 unspecified atom stereocenters. The monoisotopic (exact) mass is 286 g/mol. The predicted octanol–water partition coefficient (Wildman–Crippen LogP) is 2.31. The van der Waals surface area contributed by atoms with E-state index in [4.69, 9.17) is 20.1 Å². The Hall–Kier alpha value is 0.390. The number of aliphatic hydroxyl groups excluding tert-OH is 2. The number of aliphatic carboxylic acids is 1. The maximum atomic E-state index is 9.08. The summed E-state index contributed by atoms with van der Waals surface area (Å²) >= 11 is 0. The molecular formula is C14H31NaO4. The fraction of sp³-hybridized carbons (Fsp3) is 0.929. The maximum absolute atomic E-state index is 9.08. The van der Waals surface area contributed by atoms with Gasteiger partial charge < -0.3 is 15.3 Å². The van der Waals surface area contributed by atoms with Gasteiger partial charge in [0.25, 0.3) is 5.97 Å². The Bertz CT molecular complexity index is 173. The van der Waals surface area contributed by atoms with Crippen LogP contribution >= 0.6 is 0 Å². The molecule has 0 heterocycles. The molecule has 0 saturated carbocycles. The van der Waals surface area contributed by atoms with E-state index in [2.05, 4.69) is 6.92 Å². The number of hydrogen-bond acceptors (Lipinski definition) is 3. The average molecular weight is 286 g/mol. The van der Waals surface area contributed by atoms with Crippen molar-refractivity contribution in [2.75, 3.05) is 6.61 Å². The van der Waals surface area contributed by atoms with E-state index in [9.17, 15) is 0 Å². The quantitative estimate of drug-likeness (QED) is 0.425. The second kappa shape index (κ2) is 20.7.